The molecule has 1 aromatic carbocycles. The van der Waals surface area contributed by atoms with E-state index in [9.17, 15) is 14.9 Å². The molecule has 1 rings (SSSR count). The molecule has 0 spiro atoms. The maximum Gasteiger partial charge on any atom is 0.345 e. The monoisotopic (exact) mass is 211 g/mol. The molecule has 6 heteroatoms. The molecule has 0 bridgehead atoms. The van der Waals surface area contributed by atoms with Crippen molar-refractivity contribution in [2.45, 2.75) is 0 Å². The van der Waals surface area contributed by atoms with E-state index in [1.54, 1.807) is 0 Å². The van der Waals surface area contributed by atoms with E-state index in [4.69, 9.17) is 5.11 Å². The molecule has 80 valence electrons. The summed E-state index contributed by atoms with van der Waals surface area (Å²) in [6.45, 7) is -0.489. The molecule has 0 fully saturated rings. The summed E-state index contributed by atoms with van der Waals surface area (Å²) in [6, 6.07) is 5.48. The first-order valence-corrected chi connectivity index (χ1v) is 4.18. The van der Waals surface area contributed by atoms with E-state index in [0.29, 0.717) is 0 Å². The highest BCUT2D eigenvalue weighted by molar-refractivity contribution is 5.93. The highest BCUT2D eigenvalue weighted by Crippen LogP contribution is 2.18. The van der Waals surface area contributed by atoms with Crippen LogP contribution in [0.15, 0.2) is 24.3 Å². The molecular formula is C9H9NO5. The van der Waals surface area contributed by atoms with E-state index < -0.39 is 10.9 Å². The fourth-order valence-electron chi connectivity index (χ4n) is 1.02. The number of nitro groups is 1. The predicted molar refractivity (Wildman–Crippen MR) is 50.5 cm³/mol. The Labute approximate surface area is 85.2 Å². The molecule has 0 aromatic heterocycles. The minimum Gasteiger partial charge on any atom is -0.459 e. The second kappa shape index (κ2) is 5.06. The highest BCUT2D eigenvalue weighted by atomic mass is 16.6. The number of nitrogens with zero attached hydrogens (tertiary/aromatic N) is 1. The van der Waals surface area contributed by atoms with Gasteiger partial charge >= 0.3 is 5.97 Å². The zero-order valence-electron chi connectivity index (χ0n) is 7.75. The van der Waals surface area contributed by atoms with Crippen LogP contribution in [0.2, 0.25) is 0 Å². The number of aliphatic hydroxyl groups is 1. The average molecular weight is 211 g/mol. The molecular weight excluding hydrogens is 202 g/mol. The minimum atomic E-state index is -0.809. The molecule has 0 aliphatic carbocycles. The lowest BCUT2D eigenvalue weighted by atomic mass is 10.2. The van der Waals surface area contributed by atoms with Crippen molar-refractivity contribution >= 4 is 11.7 Å². The summed E-state index contributed by atoms with van der Waals surface area (Å²) in [6.07, 6.45) is 0. The lowest BCUT2D eigenvalue weighted by molar-refractivity contribution is -0.385. The van der Waals surface area contributed by atoms with Gasteiger partial charge in [-0.2, -0.15) is 0 Å². The molecule has 0 atom stereocenters. The van der Waals surface area contributed by atoms with Gasteiger partial charge in [0.2, 0.25) is 0 Å². The van der Waals surface area contributed by atoms with Crippen LogP contribution in [0.3, 0.4) is 0 Å². The van der Waals surface area contributed by atoms with Gasteiger partial charge < -0.3 is 9.84 Å². The van der Waals surface area contributed by atoms with Crippen molar-refractivity contribution in [2.75, 3.05) is 13.2 Å². The van der Waals surface area contributed by atoms with Gasteiger partial charge in [-0.05, 0) is 6.07 Å². The Morgan fingerprint density at radius 3 is 2.73 bits per heavy atom. The van der Waals surface area contributed by atoms with Gasteiger partial charge in [-0.15, -0.1) is 0 Å². The quantitative estimate of drug-likeness (QED) is 0.450. The third kappa shape index (κ3) is 2.75. The van der Waals surface area contributed by atoms with Gasteiger partial charge in [0.05, 0.1) is 11.5 Å². The second-order valence-electron chi connectivity index (χ2n) is 2.63. The smallest absolute Gasteiger partial charge is 0.345 e. The molecule has 0 aliphatic rings. The molecule has 0 radical (unpaired) electrons. The van der Waals surface area contributed by atoms with Crippen molar-refractivity contribution in [2.24, 2.45) is 0 Å². The topological polar surface area (TPSA) is 89.7 Å². The zero-order valence-corrected chi connectivity index (χ0v) is 7.75. The molecule has 0 saturated heterocycles. The Balaban J connectivity index is 2.92. The third-order valence-corrected chi connectivity index (χ3v) is 1.65. The van der Waals surface area contributed by atoms with E-state index in [2.05, 4.69) is 4.74 Å². The molecule has 6 nitrogen and oxygen atoms in total. The van der Waals surface area contributed by atoms with Crippen LogP contribution in [-0.2, 0) is 4.74 Å². The summed E-state index contributed by atoms with van der Waals surface area (Å²) >= 11 is 0. The number of para-hydroxylation sites is 1. The van der Waals surface area contributed by atoms with Gasteiger partial charge in [0.25, 0.3) is 5.69 Å². The first-order chi connectivity index (χ1) is 7.16. The van der Waals surface area contributed by atoms with Crippen molar-refractivity contribution in [3.8, 4) is 0 Å². The van der Waals surface area contributed by atoms with Gasteiger partial charge in [0.15, 0.2) is 0 Å². The number of nitro benzene ring substituents is 1. The van der Waals surface area contributed by atoms with Crippen LogP contribution in [0.4, 0.5) is 5.69 Å². The first-order valence-electron chi connectivity index (χ1n) is 4.18. The van der Waals surface area contributed by atoms with Crippen molar-refractivity contribution in [3.63, 3.8) is 0 Å². The predicted octanol–water partition coefficient (Wildman–Crippen LogP) is 0.744. The number of hydrogen-bond acceptors (Lipinski definition) is 5. The standard InChI is InChI=1S/C9H9NO5/c11-5-6-15-9(12)7-3-1-2-4-8(7)10(13)14/h1-4,11H,5-6H2. The van der Waals surface area contributed by atoms with Crippen LogP contribution < -0.4 is 0 Å². The molecule has 1 aromatic rings. The lowest BCUT2D eigenvalue weighted by Crippen LogP contribution is -2.10. The first kappa shape index (κ1) is 11.1. The third-order valence-electron chi connectivity index (χ3n) is 1.65. The summed E-state index contributed by atoms with van der Waals surface area (Å²) in [7, 11) is 0. The minimum absolute atomic E-state index is 0.115. The molecule has 0 unspecified atom stereocenters. The fraction of sp³-hybridized carbons (Fsp3) is 0.222. The van der Waals surface area contributed by atoms with Crippen LogP contribution in [0.25, 0.3) is 0 Å². The number of carbonyl (C=O) groups excluding carboxylic acids is 1. The number of ether oxygens (including phenoxy) is 1. The summed E-state index contributed by atoms with van der Waals surface area (Å²) in [5.74, 6) is -0.809. The number of hydrogen-bond donors (Lipinski definition) is 1. The van der Waals surface area contributed by atoms with E-state index in [-0.39, 0.29) is 24.5 Å². The van der Waals surface area contributed by atoms with Gasteiger partial charge in [-0.1, -0.05) is 12.1 Å². The maximum atomic E-state index is 11.3. The SMILES string of the molecule is O=C(OCCO)c1ccccc1[N+](=O)[O-]. The Bertz CT molecular complexity index is 377. The van der Waals surface area contributed by atoms with Crippen LogP contribution in [-0.4, -0.2) is 29.2 Å². The van der Waals surface area contributed by atoms with Crippen LogP contribution in [0.5, 0.6) is 0 Å². The van der Waals surface area contributed by atoms with E-state index in [1.165, 1.54) is 24.3 Å². The molecule has 0 heterocycles. The van der Waals surface area contributed by atoms with Crippen LogP contribution >= 0.6 is 0 Å². The Morgan fingerprint density at radius 2 is 2.13 bits per heavy atom. The van der Waals surface area contributed by atoms with Gasteiger partial charge in [-0.25, -0.2) is 4.79 Å². The number of aliphatic hydroxyl groups excluding tert-OH is 1. The van der Waals surface area contributed by atoms with Crippen molar-refractivity contribution in [1.29, 1.82) is 0 Å². The van der Waals surface area contributed by atoms with E-state index in [1.807, 2.05) is 0 Å². The van der Waals surface area contributed by atoms with E-state index in [0.717, 1.165) is 0 Å². The van der Waals surface area contributed by atoms with Gasteiger partial charge in [0.1, 0.15) is 12.2 Å². The number of esters is 1. The van der Waals surface area contributed by atoms with Crippen molar-refractivity contribution < 1.29 is 19.6 Å². The molecule has 15 heavy (non-hydrogen) atoms. The molecule has 0 amide bonds. The number of benzene rings is 1. The maximum absolute atomic E-state index is 11.3. The van der Waals surface area contributed by atoms with Crippen LogP contribution in [0.1, 0.15) is 10.4 Å². The second-order valence-corrected chi connectivity index (χ2v) is 2.63. The van der Waals surface area contributed by atoms with Crippen LogP contribution in [0, 0.1) is 10.1 Å². The Hall–Kier alpha value is -1.95. The largest absolute Gasteiger partial charge is 0.459 e. The van der Waals surface area contributed by atoms with Gasteiger partial charge in [0, 0.05) is 6.07 Å². The summed E-state index contributed by atoms with van der Waals surface area (Å²) in [5, 5.41) is 19.0. The lowest BCUT2D eigenvalue weighted by Gasteiger charge is -2.02. The summed E-state index contributed by atoms with van der Waals surface area (Å²) < 4.78 is 4.57. The average Bonchev–Trinajstić information content (AvgIpc) is 2.25. The van der Waals surface area contributed by atoms with Crippen molar-refractivity contribution in [1.82, 2.24) is 0 Å². The highest BCUT2D eigenvalue weighted by Gasteiger charge is 2.19. The van der Waals surface area contributed by atoms with Gasteiger partial charge in [-0.3, -0.25) is 10.1 Å². The Morgan fingerprint density at radius 1 is 1.47 bits per heavy atom. The number of rotatable bonds is 4. The summed E-state index contributed by atoms with van der Waals surface area (Å²) in [4.78, 5) is 21.2. The van der Waals surface area contributed by atoms with Crippen molar-refractivity contribution in [3.05, 3.63) is 39.9 Å². The Kier molecular flexibility index (Phi) is 3.75. The normalized spacial score (nSPS) is 9.67. The molecule has 0 aliphatic heterocycles. The summed E-state index contributed by atoms with van der Waals surface area (Å²) in [5.41, 5.74) is -0.420. The zero-order chi connectivity index (χ0) is 11.3. The molecule has 1 N–H and O–H groups in total. The fourth-order valence-corrected chi connectivity index (χ4v) is 1.02. The molecule has 0 saturated carbocycles. The number of carbonyl (C=O) groups is 1. The van der Waals surface area contributed by atoms with E-state index >= 15 is 0 Å².